The molecule has 0 saturated heterocycles. The third-order valence-corrected chi connectivity index (χ3v) is 2.11. The number of nitrogens with one attached hydrogen (secondary N) is 1. The van der Waals surface area contributed by atoms with E-state index in [1.165, 1.54) is 0 Å². The Morgan fingerprint density at radius 1 is 1.82 bits per heavy atom. The van der Waals surface area contributed by atoms with Crippen molar-refractivity contribution in [3.8, 4) is 6.07 Å². The van der Waals surface area contributed by atoms with Crippen molar-refractivity contribution >= 4 is 11.3 Å². The highest BCUT2D eigenvalue weighted by Gasteiger charge is 1.96. The van der Waals surface area contributed by atoms with Crippen molar-refractivity contribution in [1.82, 2.24) is 5.48 Å². The van der Waals surface area contributed by atoms with E-state index in [0.29, 0.717) is 12.1 Å². The van der Waals surface area contributed by atoms with Crippen LogP contribution in [0.15, 0.2) is 11.4 Å². The second-order valence-electron chi connectivity index (χ2n) is 1.94. The molecule has 0 aliphatic carbocycles. The smallest absolute Gasteiger partial charge is 0.100 e. The number of hydrogen-bond donors (Lipinski definition) is 1. The topological polar surface area (TPSA) is 45.0 Å². The molecular weight excluding hydrogens is 160 g/mol. The second-order valence-corrected chi connectivity index (χ2v) is 2.93. The summed E-state index contributed by atoms with van der Waals surface area (Å²) < 4.78 is 0. The van der Waals surface area contributed by atoms with Crippen LogP contribution in [0.25, 0.3) is 0 Å². The first-order valence-electron chi connectivity index (χ1n) is 3.10. The van der Waals surface area contributed by atoms with E-state index in [1.807, 2.05) is 11.4 Å². The van der Waals surface area contributed by atoms with Gasteiger partial charge < -0.3 is 4.84 Å². The minimum atomic E-state index is 0.656. The average molecular weight is 168 g/mol. The lowest BCUT2D eigenvalue weighted by molar-refractivity contribution is 0.0874. The zero-order chi connectivity index (χ0) is 8.10. The minimum Gasteiger partial charge on any atom is -0.305 e. The molecule has 0 atom stereocenters. The first-order chi connectivity index (χ1) is 5.36. The molecule has 0 fully saturated rings. The van der Waals surface area contributed by atoms with Crippen LogP contribution in [0.5, 0.6) is 0 Å². The fourth-order valence-corrected chi connectivity index (χ4v) is 1.41. The fraction of sp³-hybridized carbons (Fsp3) is 0.286. The van der Waals surface area contributed by atoms with Crippen LogP contribution in [-0.4, -0.2) is 7.11 Å². The summed E-state index contributed by atoms with van der Waals surface area (Å²) in [6, 6.07) is 3.91. The highest BCUT2D eigenvalue weighted by Crippen LogP contribution is 2.12. The summed E-state index contributed by atoms with van der Waals surface area (Å²) in [6.07, 6.45) is 0. The average Bonchev–Trinajstić information content (AvgIpc) is 2.48. The van der Waals surface area contributed by atoms with Crippen molar-refractivity contribution in [3.63, 3.8) is 0 Å². The lowest BCUT2D eigenvalue weighted by Gasteiger charge is -1.95. The first-order valence-corrected chi connectivity index (χ1v) is 3.98. The number of hydroxylamine groups is 1. The summed E-state index contributed by atoms with van der Waals surface area (Å²) in [5, 5.41) is 10.3. The molecule has 1 rings (SSSR count). The molecule has 1 aromatic heterocycles. The summed E-state index contributed by atoms with van der Waals surface area (Å²) in [4.78, 5) is 5.76. The van der Waals surface area contributed by atoms with E-state index in [-0.39, 0.29) is 0 Å². The van der Waals surface area contributed by atoms with Gasteiger partial charge in [0, 0.05) is 10.3 Å². The maximum Gasteiger partial charge on any atom is 0.100 e. The third-order valence-electron chi connectivity index (χ3n) is 1.17. The van der Waals surface area contributed by atoms with Gasteiger partial charge in [0.25, 0.3) is 0 Å². The highest BCUT2D eigenvalue weighted by atomic mass is 32.1. The van der Waals surface area contributed by atoms with E-state index >= 15 is 0 Å². The molecule has 0 unspecified atom stereocenters. The molecule has 1 heterocycles. The molecular formula is C7H8N2OS. The van der Waals surface area contributed by atoms with E-state index in [1.54, 1.807) is 18.4 Å². The Morgan fingerprint density at radius 3 is 3.18 bits per heavy atom. The molecule has 1 N–H and O–H groups in total. The quantitative estimate of drug-likeness (QED) is 0.691. The Bertz CT molecular complexity index is 264. The lowest BCUT2D eigenvalue weighted by atomic mass is 10.3. The second kappa shape index (κ2) is 4.09. The van der Waals surface area contributed by atoms with Gasteiger partial charge in [0.05, 0.1) is 19.2 Å². The van der Waals surface area contributed by atoms with Crippen LogP contribution in [0.4, 0.5) is 0 Å². The van der Waals surface area contributed by atoms with E-state index in [9.17, 15) is 0 Å². The summed E-state index contributed by atoms with van der Waals surface area (Å²) in [5.74, 6) is 0. The Morgan fingerprint density at radius 2 is 2.64 bits per heavy atom. The van der Waals surface area contributed by atoms with Crippen LogP contribution < -0.4 is 5.48 Å². The zero-order valence-corrected chi connectivity index (χ0v) is 6.94. The fourth-order valence-electron chi connectivity index (χ4n) is 0.675. The molecule has 0 aliphatic heterocycles. The molecule has 0 aliphatic rings. The maximum absolute atomic E-state index is 8.48. The molecule has 3 nitrogen and oxygen atoms in total. The van der Waals surface area contributed by atoms with Gasteiger partial charge in [-0.15, -0.1) is 11.3 Å². The van der Waals surface area contributed by atoms with E-state index in [2.05, 4.69) is 16.4 Å². The van der Waals surface area contributed by atoms with Crippen LogP contribution in [0, 0.1) is 11.3 Å². The van der Waals surface area contributed by atoms with Crippen LogP contribution in [0.1, 0.15) is 10.4 Å². The predicted molar refractivity (Wildman–Crippen MR) is 42.9 cm³/mol. The van der Waals surface area contributed by atoms with Crippen molar-refractivity contribution < 1.29 is 4.84 Å². The molecule has 58 valence electrons. The van der Waals surface area contributed by atoms with E-state index < -0.39 is 0 Å². The third kappa shape index (κ3) is 2.31. The van der Waals surface area contributed by atoms with Gasteiger partial charge in [-0.3, -0.25) is 0 Å². The van der Waals surface area contributed by atoms with Gasteiger partial charge in [0.1, 0.15) is 6.07 Å². The largest absolute Gasteiger partial charge is 0.305 e. The van der Waals surface area contributed by atoms with Gasteiger partial charge >= 0.3 is 0 Å². The van der Waals surface area contributed by atoms with Gasteiger partial charge in [-0.05, 0) is 6.07 Å². The summed E-state index contributed by atoms with van der Waals surface area (Å²) in [6.45, 7) is 0.656. The van der Waals surface area contributed by atoms with Crippen molar-refractivity contribution in [2.24, 2.45) is 0 Å². The molecule has 0 aromatic carbocycles. The number of hydrogen-bond acceptors (Lipinski definition) is 4. The number of nitrogens with zero attached hydrogens (tertiary/aromatic N) is 1. The Hall–Kier alpha value is -0.890. The SMILES string of the molecule is CONCc1cc(C#N)cs1. The molecule has 11 heavy (non-hydrogen) atoms. The van der Waals surface area contributed by atoms with Crippen molar-refractivity contribution in [1.29, 1.82) is 5.26 Å². The number of nitriles is 1. The monoisotopic (exact) mass is 168 g/mol. The maximum atomic E-state index is 8.48. The lowest BCUT2D eigenvalue weighted by Crippen LogP contribution is -2.09. The number of rotatable bonds is 3. The highest BCUT2D eigenvalue weighted by molar-refractivity contribution is 7.10. The predicted octanol–water partition coefficient (Wildman–Crippen LogP) is 1.27. The summed E-state index contributed by atoms with van der Waals surface area (Å²) >= 11 is 1.55. The molecule has 0 amide bonds. The van der Waals surface area contributed by atoms with Crippen LogP contribution in [0.2, 0.25) is 0 Å². The normalized spacial score (nSPS) is 9.45. The molecule has 0 bridgehead atoms. The van der Waals surface area contributed by atoms with Gasteiger partial charge in [-0.2, -0.15) is 10.7 Å². The minimum absolute atomic E-state index is 0.656. The molecule has 0 radical (unpaired) electrons. The van der Waals surface area contributed by atoms with E-state index in [0.717, 1.165) is 4.88 Å². The molecule has 4 heteroatoms. The molecule has 1 aromatic rings. The van der Waals surface area contributed by atoms with Crippen molar-refractivity contribution in [2.45, 2.75) is 6.54 Å². The van der Waals surface area contributed by atoms with Crippen molar-refractivity contribution in [3.05, 3.63) is 21.9 Å². The Kier molecular flexibility index (Phi) is 3.05. The Balaban J connectivity index is 2.53. The van der Waals surface area contributed by atoms with Gasteiger partial charge in [-0.25, -0.2) is 0 Å². The van der Waals surface area contributed by atoms with E-state index in [4.69, 9.17) is 5.26 Å². The van der Waals surface area contributed by atoms with Gasteiger partial charge in [0.15, 0.2) is 0 Å². The van der Waals surface area contributed by atoms with Crippen LogP contribution >= 0.6 is 11.3 Å². The standard InChI is InChI=1S/C7H8N2OS/c1-10-9-4-7-2-6(3-8)5-11-7/h2,5,9H,4H2,1H3. The Labute approximate surface area is 69.2 Å². The first kappa shape index (κ1) is 8.21. The van der Waals surface area contributed by atoms with Crippen LogP contribution in [-0.2, 0) is 11.4 Å². The number of thiophene rings is 1. The van der Waals surface area contributed by atoms with Crippen LogP contribution in [0.3, 0.4) is 0 Å². The van der Waals surface area contributed by atoms with Gasteiger partial charge in [-0.1, -0.05) is 0 Å². The zero-order valence-electron chi connectivity index (χ0n) is 6.13. The summed E-state index contributed by atoms with van der Waals surface area (Å²) in [7, 11) is 1.57. The van der Waals surface area contributed by atoms with Crippen molar-refractivity contribution in [2.75, 3.05) is 7.11 Å². The molecule has 0 saturated carbocycles. The van der Waals surface area contributed by atoms with Gasteiger partial charge in [0.2, 0.25) is 0 Å². The summed E-state index contributed by atoms with van der Waals surface area (Å²) in [5.41, 5.74) is 3.41. The molecule has 0 spiro atoms.